The number of aryl methyl sites for hydroxylation is 2. The molecule has 0 radical (unpaired) electrons. The summed E-state index contributed by atoms with van der Waals surface area (Å²) in [4.78, 5) is 214. The van der Waals surface area contributed by atoms with Gasteiger partial charge in [0.1, 0.15) is 42.5 Å². The van der Waals surface area contributed by atoms with Gasteiger partial charge in [-0.1, -0.05) is 42.4 Å². The molecule has 42 heteroatoms. The van der Waals surface area contributed by atoms with Crippen molar-refractivity contribution in [1.82, 2.24) is 77.4 Å². The highest BCUT2D eigenvalue weighted by Crippen LogP contribution is 2.49. The van der Waals surface area contributed by atoms with Crippen molar-refractivity contribution >= 4 is 166 Å². The minimum Gasteiger partial charge on any atom is -0.480 e. The predicted molar refractivity (Wildman–Crippen MR) is 439 cm³/mol. The summed E-state index contributed by atoms with van der Waals surface area (Å²) in [5.41, 5.74) is 13.1. The zero-order valence-electron chi connectivity index (χ0n) is 65.3. The lowest BCUT2D eigenvalue weighted by atomic mass is 9.83. The first-order valence-electron chi connectivity index (χ1n) is 37.7. The van der Waals surface area contributed by atoms with Gasteiger partial charge in [-0.15, -0.1) is 0 Å². The van der Waals surface area contributed by atoms with Crippen LogP contribution in [0.15, 0.2) is 59.5 Å². The molecule has 0 spiro atoms. The van der Waals surface area contributed by atoms with Gasteiger partial charge in [0.15, 0.2) is 17.1 Å². The van der Waals surface area contributed by atoms with Gasteiger partial charge in [-0.25, -0.2) is 19.4 Å². The number of anilines is 2. The van der Waals surface area contributed by atoms with Gasteiger partial charge in [0.25, 0.3) is 21.6 Å². The molecular weight excluding hydrogens is 1620 g/mol. The van der Waals surface area contributed by atoms with Crippen LogP contribution in [0.2, 0.25) is 0 Å². The van der Waals surface area contributed by atoms with Crippen molar-refractivity contribution in [3.63, 3.8) is 0 Å². The molecule has 9 rings (SSSR count). The number of nitrogens with one attached hydrogen (secondary N) is 12. The highest BCUT2D eigenvalue weighted by molar-refractivity contribution is 8.76. The smallest absolute Gasteiger partial charge is 0.407 e. The average Bonchev–Trinajstić information content (AvgIpc) is 1.56. The number of hydrogen-bond donors (Lipinski definition) is 17. The van der Waals surface area contributed by atoms with Gasteiger partial charge in [0, 0.05) is 148 Å². The minimum atomic E-state index is -4.46. The molecule has 118 heavy (non-hydrogen) atoms. The van der Waals surface area contributed by atoms with E-state index in [0.29, 0.717) is 67.0 Å². The average molecular weight is 1710 g/mol. The van der Waals surface area contributed by atoms with E-state index in [1.54, 1.807) is 13.0 Å². The highest BCUT2D eigenvalue weighted by atomic mass is 33.1. The number of alkyl carbamates (subject to hydrolysis) is 1. The molecule has 5 aromatic heterocycles. The number of carboxylic acid groups (broad SMARTS) is 2. The number of aromatic amines is 3. The van der Waals surface area contributed by atoms with Gasteiger partial charge in [-0.05, 0) is 100 Å². The zero-order valence-corrected chi connectivity index (χ0v) is 68.7. The van der Waals surface area contributed by atoms with Crippen LogP contribution in [0.4, 0.5) is 16.3 Å². The molecule has 6 aromatic rings. The number of methoxy groups -OCH3 is 1. The van der Waals surface area contributed by atoms with E-state index < -0.39 is 167 Å². The summed E-state index contributed by atoms with van der Waals surface area (Å²) in [6.45, 7) is 10.1. The van der Waals surface area contributed by atoms with Gasteiger partial charge in [0.2, 0.25) is 35.4 Å². The third-order valence-electron chi connectivity index (χ3n) is 20.1. The summed E-state index contributed by atoms with van der Waals surface area (Å²) < 4.78 is 42.5. The van der Waals surface area contributed by atoms with Crippen LogP contribution >= 0.6 is 34.2 Å². The third kappa shape index (κ3) is 23.4. The van der Waals surface area contributed by atoms with Crippen LogP contribution in [0, 0.1) is 13.8 Å². The molecule has 8 amide bonds. The number of benzene rings is 1. The maximum absolute atomic E-state index is 14.7. The normalized spacial score (nSPS) is 16.4. The van der Waals surface area contributed by atoms with Gasteiger partial charge in [-0.2, -0.15) is 21.0 Å². The monoisotopic (exact) mass is 1710 g/mol. The number of aliphatic carboxylic acids is 2. The van der Waals surface area contributed by atoms with Gasteiger partial charge >= 0.3 is 24.0 Å². The first kappa shape index (κ1) is 90.4. The number of thiol groups is 1. The van der Waals surface area contributed by atoms with Gasteiger partial charge in [0.05, 0.1) is 60.0 Å². The second-order valence-corrected chi connectivity index (χ2v) is 32.9. The van der Waals surface area contributed by atoms with E-state index in [9.17, 15) is 90.3 Å². The number of fused-ring (bicyclic) bond motifs is 9. The number of hydrogen-bond acceptors (Lipinski definition) is 27. The maximum atomic E-state index is 14.7. The second-order valence-electron chi connectivity index (χ2n) is 28.2. The van der Waals surface area contributed by atoms with E-state index in [1.165, 1.54) is 50.6 Å². The number of pyridine rings is 1. The first-order valence-corrected chi connectivity index (χ1v) is 42.4. The van der Waals surface area contributed by atoms with Crippen LogP contribution < -0.4 is 59.1 Å². The van der Waals surface area contributed by atoms with Crippen LogP contribution in [0.1, 0.15) is 185 Å². The van der Waals surface area contributed by atoms with E-state index in [0.717, 1.165) is 39.4 Å². The third-order valence-corrected chi connectivity index (χ3v) is 23.4. The molecule has 8 bridgehead atoms. The number of aromatic nitrogens is 7. The van der Waals surface area contributed by atoms with Crippen molar-refractivity contribution in [1.29, 1.82) is 0 Å². The Bertz CT molecular complexity index is 5250. The lowest BCUT2D eigenvalue weighted by Crippen LogP contribution is -2.54. The molecule has 38 nitrogen and oxygen atoms in total. The van der Waals surface area contributed by atoms with E-state index >= 15 is 0 Å². The van der Waals surface area contributed by atoms with Crippen LogP contribution in [0.25, 0.3) is 33.1 Å². The van der Waals surface area contributed by atoms with Crippen LogP contribution in [0.5, 0.6) is 0 Å². The molecule has 0 saturated carbocycles. The van der Waals surface area contributed by atoms with Crippen molar-refractivity contribution in [2.75, 3.05) is 74.0 Å². The number of Topliss-reactive ketones (excluding diaryl/α,β-unsaturated/α-hetero) is 2. The highest BCUT2D eigenvalue weighted by Gasteiger charge is 2.46. The second kappa shape index (κ2) is 41.1. The number of nitrogen functional groups attached to an aromatic ring is 1. The van der Waals surface area contributed by atoms with Crippen molar-refractivity contribution < 1.29 is 95.0 Å². The van der Waals surface area contributed by atoms with Crippen molar-refractivity contribution in [3.05, 3.63) is 127 Å². The number of nitrogens with zero attached hydrogens (tertiary/aromatic N) is 4. The van der Waals surface area contributed by atoms with Crippen molar-refractivity contribution in [2.45, 2.75) is 153 Å². The summed E-state index contributed by atoms with van der Waals surface area (Å²) >= 11 is 4.06. The van der Waals surface area contributed by atoms with Gasteiger partial charge in [-0.3, -0.25) is 72.2 Å². The van der Waals surface area contributed by atoms with E-state index in [4.69, 9.17) is 25.2 Å². The fourth-order valence-corrected chi connectivity index (χ4v) is 16.4. The molecular formula is C76H93N17O21S4. The van der Waals surface area contributed by atoms with Crippen LogP contribution in [0.3, 0.4) is 0 Å². The number of rotatable bonds is 40. The Morgan fingerprint density at radius 3 is 2.02 bits per heavy atom. The molecule has 0 fully saturated rings. The van der Waals surface area contributed by atoms with Crippen LogP contribution in [-0.4, -0.2) is 222 Å². The first-order chi connectivity index (χ1) is 56.1. The number of carboxylic acids is 2. The predicted octanol–water partition coefficient (Wildman–Crippen LogP) is 4.02. The van der Waals surface area contributed by atoms with E-state index in [-0.39, 0.29) is 115 Å². The molecule has 9 atom stereocenters. The maximum Gasteiger partial charge on any atom is 0.407 e. The largest absolute Gasteiger partial charge is 0.480 e. The van der Waals surface area contributed by atoms with Crippen molar-refractivity contribution in [3.8, 4) is 0 Å². The van der Waals surface area contributed by atoms with E-state index in [1.807, 2.05) is 26.0 Å². The molecule has 632 valence electrons. The Balaban J connectivity index is 0.771. The molecule has 1 aromatic carbocycles. The lowest BCUT2D eigenvalue weighted by Gasteiger charge is -2.21. The Morgan fingerprint density at radius 2 is 1.33 bits per heavy atom. The Kier molecular flexibility index (Phi) is 31.5. The number of nitrogens with two attached hydrogens (primary N) is 1. The number of ketones is 2. The number of ether oxygens (including phenoxy) is 2. The zero-order chi connectivity index (χ0) is 86.0. The molecule has 7 heterocycles. The van der Waals surface area contributed by atoms with Crippen molar-refractivity contribution in [2.24, 2.45) is 0 Å². The molecule has 0 saturated heterocycles. The Morgan fingerprint density at radius 1 is 0.686 bits per heavy atom. The lowest BCUT2D eigenvalue weighted by molar-refractivity contribution is -0.142. The summed E-state index contributed by atoms with van der Waals surface area (Å²) in [5.74, 6) is -13.7. The molecule has 1 unspecified atom stereocenters. The minimum absolute atomic E-state index is 0.0144. The molecule has 2 aliphatic heterocycles. The number of H-pyrrole nitrogens is 3. The van der Waals surface area contributed by atoms with Crippen LogP contribution in [-0.2, 0) is 69.3 Å². The SMILES string of the molecule is CC[C@H]1c2cc3[nH]c4c(c3C)C(=O)C(C(=O)OC)c4c3nc(cc4[nH]c(cc(n2)[C@@H]1C)c(C(C)=O)c4C)[C@@H](C)[C@@H]3CCC(=O)N[C@@H](CCC(=O)NCCS(=O)(=O)O)C(=O)NCCNC(=O)OCCSSC[C@H](NC(=O)[C@H](CC(=O)NCCS)NC(=O)CC[C@H](NC(=O)c1ccc(NCc2cnc3cc(N)[nH]c(=O)c3n2)cc1)C(=O)O)C(=O)O. The van der Waals surface area contributed by atoms with Gasteiger partial charge < -0.3 is 88.2 Å². The Labute approximate surface area is 688 Å². The quantitative estimate of drug-likeness (QED) is 0.00491. The number of esters is 1. The Hall–Kier alpha value is -11.5. The number of amides is 8. The number of carbonyl (C=O) groups excluding carboxylic acids is 11. The summed E-state index contributed by atoms with van der Waals surface area (Å²) in [6, 6.07) is 6.63. The summed E-state index contributed by atoms with van der Waals surface area (Å²) in [5, 5.41) is 42.8. The molecule has 17 N–H and O–H groups in total. The standard InChI is InChI=1S/C76H93N17O21S4/c1-8-43-35(2)47-29-52-61(39(6)94)37(4)49(86-52)27-48-36(3)44(65(89-48)63-64(75(108)113-7)68(99)62-38(5)50(90-67(62)63)28-51(43)85-47)13-16-58(96)87-45(14-17-57(95)79-22-26-118(110,111)112)70(101)80-19-20-81-76(109)114-23-25-116-117-34-55(74(106)107)92-71(102)54(31-60(98)78-21-24-115)88-59(97)18-15-46(73(104)105)91-69(100)40-9-11-41(12-10-40)82-32-42-33-83-53-30-56(77)93-72(103)66(53)84-42/h9-12,27-30,33,35-36,43-46,54-55,64,82,86,90,115H,8,13-26,31-32,34H2,1-7H3,(H,78,98)(H,79,95)(H,80,101)(H,81,109)(H,87,96)(H,88,97)(H,91,100)(H,92,102)(H,104,105)(H,106,107)(H3,77,93,103)(H,110,111,112)/t35-,36+,43-,44+,45+,46+,54+,55+,64?/m1/s1. The fraction of sp³-hybridized carbons (Fsp3) is 0.447. The van der Waals surface area contributed by atoms with E-state index in [2.05, 4.69) is 99.2 Å². The fourth-order valence-electron chi connectivity index (χ4n) is 14.0. The summed E-state index contributed by atoms with van der Waals surface area (Å²) in [7, 11) is -1.29. The molecule has 3 aliphatic rings. The molecule has 1 aliphatic carbocycles. The number of carbonyl (C=O) groups is 13. The summed E-state index contributed by atoms with van der Waals surface area (Å²) in [6.07, 6.45) is -1.53. The topological polar surface area (TPSA) is 585 Å².